The van der Waals surface area contributed by atoms with Crippen LogP contribution in [0, 0.1) is 5.92 Å². The second kappa shape index (κ2) is 24.1. The summed E-state index contributed by atoms with van der Waals surface area (Å²) in [6.45, 7) is 9.25. The third-order valence-electron chi connectivity index (χ3n) is 10.1. The first kappa shape index (κ1) is 49.8. The number of nitrogens with one attached hydrogen (secondary N) is 6. The van der Waals surface area contributed by atoms with Crippen LogP contribution in [-0.4, -0.2) is 91.5 Å². The number of rotatable bonds is 20. The molecule has 0 radical (unpaired) electrons. The molecule has 0 bridgehead atoms. The SMILES string of the molecule is CC(C)[C@H](NC(=O)CCCCCNC(=O)OCC1c2ccccc2-c2ccccc21)C(=O)N[C@@H](CCCNC(N)=O)C(=O)Nc1ccc(COC(=O)NN(C)C(=O)OC(C)(C)C)cc1. The maximum absolute atomic E-state index is 13.6. The van der Waals surface area contributed by atoms with E-state index in [0.29, 0.717) is 43.5 Å². The number of primary amides is 1. The Kier molecular flexibility index (Phi) is 18.8. The maximum Gasteiger partial charge on any atom is 0.429 e. The van der Waals surface area contributed by atoms with E-state index in [2.05, 4.69) is 56.3 Å². The fourth-order valence-corrected chi connectivity index (χ4v) is 6.86. The van der Waals surface area contributed by atoms with Gasteiger partial charge in [0.1, 0.15) is 30.9 Å². The number of hydrogen-bond acceptors (Lipinski definition) is 10. The molecule has 18 heteroatoms. The minimum absolute atomic E-state index is 0.0356. The molecule has 0 saturated heterocycles. The first-order chi connectivity index (χ1) is 30.4. The van der Waals surface area contributed by atoms with Crippen LogP contribution in [0.15, 0.2) is 72.8 Å². The second-order valence-electron chi connectivity index (χ2n) is 16.8. The first-order valence-electron chi connectivity index (χ1n) is 21.4. The van der Waals surface area contributed by atoms with Crippen LogP contribution in [-0.2, 0) is 35.2 Å². The number of fused-ring (bicyclic) bond motifs is 3. The summed E-state index contributed by atoms with van der Waals surface area (Å²) < 4.78 is 16.0. The molecular formula is C46H62N8O10. The van der Waals surface area contributed by atoms with Gasteiger partial charge in [0.15, 0.2) is 0 Å². The third-order valence-corrected chi connectivity index (χ3v) is 10.1. The van der Waals surface area contributed by atoms with Crippen LogP contribution >= 0.6 is 0 Å². The Morgan fingerprint density at radius 1 is 0.734 bits per heavy atom. The summed E-state index contributed by atoms with van der Waals surface area (Å²) in [7, 11) is 1.32. The van der Waals surface area contributed by atoms with E-state index in [4.69, 9.17) is 19.9 Å². The summed E-state index contributed by atoms with van der Waals surface area (Å²) in [6, 6.07) is 20.0. The Balaban J connectivity index is 1.20. The van der Waals surface area contributed by atoms with E-state index < -0.39 is 53.8 Å². The lowest BCUT2D eigenvalue weighted by Gasteiger charge is -2.25. The van der Waals surface area contributed by atoms with E-state index >= 15 is 0 Å². The number of carbonyl (C=O) groups is 7. The van der Waals surface area contributed by atoms with Crippen molar-refractivity contribution in [2.75, 3.05) is 32.1 Å². The van der Waals surface area contributed by atoms with Crippen LogP contribution in [0.4, 0.5) is 24.9 Å². The summed E-state index contributed by atoms with van der Waals surface area (Å²) in [5, 5.41) is 14.4. The molecule has 0 aromatic heterocycles. The van der Waals surface area contributed by atoms with Crippen molar-refractivity contribution in [1.82, 2.24) is 31.7 Å². The predicted molar refractivity (Wildman–Crippen MR) is 239 cm³/mol. The van der Waals surface area contributed by atoms with Crippen LogP contribution < -0.4 is 37.7 Å². The zero-order chi connectivity index (χ0) is 46.8. The Morgan fingerprint density at radius 3 is 1.97 bits per heavy atom. The van der Waals surface area contributed by atoms with Crippen molar-refractivity contribution in [3.8, 4) is 11.1 Å². The molecule has 2 atom stereocenters. The number of hydrazine groups is 1. The fourth-order valence-electron chi connectivity index (χ4n) is 6.86. The molecular weight excluding hydrogens is 825 g/mol. The van der Waals surface area contributed by atoms with Crippen LogP contribution in [0.5, 0.6) is 0 Å². The van der Waals surface area contributed by atoms with E-state index in [9.17, 15) is 33.6 Å². The molecule has 0 aliphatic heterocycles. The van der Waals surface area contributed by atoms with Gasteiger partial charge in [-0.2, -0.15) is 0 Å². The van der Waals surface area contributed by atoms with E-state index in [0.717, 1.165) is 27.3 Å². The van der Waals surface area contributed by atoms with Gasteiger partial charge in [-0.3, -0.25) is 14.4 Å². The molecule has 3 aromatic rings. The van der Waals surface area contributed by atoms with Gasteiger partial charge in [-0.1, -0.05) is 80.9 Å². The van der Waals surface area contributed by atoms with E-state index in [1.807, 2.05) is 24.3 Å². The number of anilines is 1. The number of hydrogen-bond donors (Lipinski definition) is 7. The number of nitrogens with zero attached hydrogens (tertiary/aromatic N) is 1. The van der Waals surface area contributed by atoms with Crippen LogP contribution in [0.2, 0.25) is 0 Å². The lowest BCUT2D eigenvalue weighted by molar-refractivity contribution is -0.132. The number of benzene rings is 3. The smallest absolute Gasteiger partial charge is 0.429 e. The molecule has 0 saturated carbocycles. The molecule has 0 unspecified atom stereocenters. The lowest BCUT2D eigenvalue weighted by atomic mass is 9.98. The highest BCUT2D eigenvalue weighted by Crippen LogP contribution is 2.44. The van der Waals surface area contributed by atoms with Crippen molar-refractivity contribution < 1.29 is 47.8 Å². The van der Waals surface area contributed by atoms with Gasteiger partial charge in [0.2, 0.25) is 17.7 Å². The summed E-state index contributed by atoms with van der Waals surface area (Å²) >= 11 is 0. The normalized spacial score (nSPS) is 12.7. The Hall–Kier alpha value is -6.85. The van der Waals surface area contributed by atoms with Crippen molar-refractivity contribution in [3.05, 3.63) is 89.5 Å². The largest absolute Gasteiger partial charge is 0.449 e. The molecule has 1 aliphatic carbocycles. The highest BCUT2D eigenvalue weighted by molar-refractivity contribution is 5.98. The van der Waals surface area contributed by atoms with E-state index in [1.54, 1.807) is 58.9 Å². The quantitative estimate of drug-likeness (QED) is 0.0408. The van der Waals surface area contributed by atoms with Crippen molar-refractivity contribution in [3.63, 3.8) is 0 Å². The molecule has 64 heavy (non-hydrogen) atoms. The van der Waals surface area contributed by atoms with E-state index in [-0.39, 0.29) is 50.3 Å². The number of alkyl carbamates (subject to hydrolysis) is 1. The molecule has 8 amide bonds. The van der Waals surface area contributed by atoms with Crippen LogP contribution in [0.25, 0.3) is 11.1 Å². The second-order valence-corrected chi connectivity index (χ2v) is 16.8. The topological polar surface area (TPSA) is 249 Å². The van der Waals surface area contributed by atoms with Gasteiger partial charge < -0.3 is 46.5 Å². The highest BCUT2D eigenvalue weighted by Gasteiger charge is 2.30. The highest BCUT2D eigenvalue weighted by atomic mass is 16.6. The molecule has 0 spiro atoms. The maximum atomic E-state index is 13.6. The number of urea groups is 1. The first-order valence-corrected chi connectivity index (χ1v) is 21.4. The molecule has 8 N–H and O–H groups in total. The number of amides is 8. The van der Waals surface area contributed by atoms with Gasteiger partial charge in [0, 0.05) is 38.2 Å². The minimum atomic E-state index is -1.04. The monoisotopic (exact) mass is 886 g/mol. The molecule has 0 heterocycles. The predicted octanol–water partition coefficient (Wildman–Crippen LogP) is 5.81. The zero-order valence-electron chi connectivity index (χ0n) is 37.4. The minimum Gasteiger partial charge on any atom is -0.449 e. The Morgan fingerprint density at radius 2 is 1.36 bits per heavy atom. The van der Waals surface area contributed by atoms with Gasteiger partial charge in [-0.15, -0.1) is 0 Å². The van der Waals surface area contributed by atoms with Crippen LogP contribution in [0.1, 0.15) is 95.8 Å². The third kappa shape index (κ3) is 16.1. The van der Waals surface area contributed by atoms with Crippen molar-refractivity contribution >= 4 is 47.7 Å². The molecule has 18 nitrogen and oxygen atoms in total. The lowest BCUT2D eigenvalue weighted by Crippen LogP contribution is -2.54. The van der Waals surface area contributed by atoms with E-state index in [1.165, 1.54) is 7.05 Å². The van der Waals surface area contributed by atoms with Gasteiger partial charge in [-0.25, -0.2) is 29.6 Å². The van der Waals surface area contributed by atoms with Gasteiger partial charge in [0.25, 0.3) is 0 Å². The average molecular weight is 887 g/mol. The number of unbranched alkanes of at least 4 members (excludes halogenated alkanes) is 2. The molecule has 4 rings (SSSR count). The average Bonchev–Trinajstić information content (AvgIpc) is 3.56. The van der Waals surface area contributed by atoms with Gasteiger partial charge in [-0.05, 0) is 92.3 Å². The zero-order valence-corrected chi connectivity index (χ0v) is 37.4. The summed E-state index contributed by atoms with van der Waals surface area (Å²) in [5.41, 5.74) is 12.2. The molecule has 0 fully saturated rings. The number of nitrogens with two attached hydrogens (primary N) is 1. The Bertz CT molecular complexity index is 2040. The summed E-state index contributed by atoms with van der Waals surface area (Å²) in [6.07, 6.45) is 0.224. The van der Waals surface area contributed by atoms with Gasteiger partial charge >= 0.3 is 24.3 Å². The summed E-state index contributed by atoms with van der Waals surface area (Å²) in [4.78, 5) is 88.1. The van der Waals surface area contributed by atoms with Crippen molar-refractivity contribution in [2.45, 2.75) is 103 Å². The fraction of sp³-hybridized carbons (Fsp3) is 0.457. The van der Waals surface area contributed by atoms with Crippen molar-refractivity contribution in [2.24, 2.45) is 11.7 Å². The standard InChI is InChI=1S/C46H62N8O10/c1-29(2)39(52-38(55)20-8-7-13-25-49-43(59)63-28-36-34-17-11-9-15-32(34)33-16-10-12-18-35(33)36)41(57)51-37(19-14-26-48-42(47)58)40(56)50-31-23-21-30(22-24-31)27-62-44(60)53-54(6)45(61)64-46(3,4)5/h9-12,15-18,21-24,29,36-37,39H,7-8,13-14,19-20,25-28H2,1-6H3,(H,49,59)(H,50,56)(H,51,57)(H,52,55)(H,53,60)(H3,47,48,58)/t37-,39-/m0/s1. The molecule has 346 valence electrons. The molecule has 1 aliphatic rings. The van der Waals surface area contributed by atoms with Gasteiger partial charge in [0.05, 0.1) is 0 Å². The number of ether oxygens (including phenoxy) is 3. The Labute approximate surface area is 374 Å². The van der Waals surface area contributed by atoms with Crippen LogP contribution in [0.3, 0.4) is 0 Å². The molecule has 3 aromatic carbocycles. The van der Waals surface area contributed by atoms with Crippen molar-refractivity contribution in [1.29, 1.82) is 0 Å². The summed E-state index contributed by atoms with van der Waals surface area (Å²) in [5.74, 6) is -1.78. The number of carbonyl (C=O) groups excluding carboxylic acids is 7.